The van der Waals surface area contributed by atoms with Crippen molar-refractivity contribution in [2.24, 2.45) is 0 Å². The van der Waals surface area contributed by atoms with Crippen LogP contribution in [0, 0.1) is 6.92 Å². The number of urea groups is 1. The highest BCUT2D eigenvalue weighted by Crippen LogP contribution is 2.15. The van der Waals surface area contributed by atoms with Gasteiger partial charge in [0.15, 0.2) is 0 Å². The predicted octanol–water partition coefficient (Wildman–Crippen LogP) is 2.98. The van der Waals surface area contributed by atoms with Crippen LogP contribution in [0.3, 0.4) is 0 Å². The third-order valence-corrected chi connectivity index (χ3v) is 4.51. The Labute approximate surface area is 170 Å². The number of nitrogens with zero attached hydrogens (tertiary/aromatic N) is 2. The van der Waals surface area contributed by atoms with Crippen LogP contribution < -0.4 is 16.0 Å². The third-order valence-electron chi connectivity index (χ3n) is 4.51. The van der Waals surface area contributed by atoms with Crippen LogP contribution in [0.2, 0.25) is 0 Å². The number of amides is 3. The van der Waals surface area contributed by atoms with Crippen LogP contribution in [0.15, 0.2) is 48.8 Å². The van der Waals surface area contributed by atoms with Crippen molar-refractivity contribution in [1.29, 1.82) is 0 Å². The normalized spacial score (nSPS) is 10.9. The number of fused-ring (bicyclic) bond motifs is 1. The van der Waals surface area contributed by atoms with E-state index in [1.165, 1.54) is 5.56 Å². The summed E-state index contributed by atoms with van der Waals surface area (Å²) in [5, 5.41) is 8.58. The quantitative estimate of drug-likeness (QED) is 0.577. The molecule has 1 heterocycles. The second kappa shape index (κ2) is 9.23. The average Bonchev–Trinajstić information content (AvgIpc) is 3.09. The predicted molar refractivity (Wildman–Crippen MR) is 114 cm³/mol. The standard InChI is InChI=1S/C22H27N5O2/c1-15(2)26-21(28)18-8-9-20-19(12-18)25-14-27(20)11-10-23-22(29)24-13-17-6-4-16(3)5-7-17/h4-9,12,14-15H,10-11,13H2,1-3H3,(H,26,28)(H2,23,24,29). The molecule has 2 aromatic carbocycles. The number of rotatable bonds is 7. The summed E-state index contributed by atoms with van der Waals surface area (Å²) in [7, 11) is 0. The van der Waals surface area contributed by atoms with Crippen molar-refractivity contribution in [3.8, 4) is 0 Å². The van der Waals surface area contributed by atoms with Crippen molar-refractivity contribution in [3.63, 3.8) is 0 Å². The lowest BCUT2D eigenvalue weighted by Crippen LogP contribution is -2.36. The summed E-state index contributed by atoms with van der Waals surface area (Å²) in [6, 6.07) is 13.4. The topological polar surface area (TPSA) is 88.1 Å². The fourth-order valence-electron chi connectivity index (χ4n) is 2.97. The molecule has 0 aliphatic heterocycles. The summed E-state index contributed by atoms with van der Waals surface area (Å²) in [5.74, 6) is -0.108. The Morgan fingerprint density at radius 1 is 1.07 bits per heavy atom. The van der Waals surface area contributed by atoms with Gasteiger partial charge in [-0.2, -0.15) is 0 Å². The molecule has 3 N–H and O–H groups in total. The summed E-state index contributed by atoms with van der Waals surface area (Å²) in [6.45, 7) is 7.43. The van der Waals surface area contributed by atoms with Gasteiger partial charge in [-0.1, -0.05) is 29.8 Å². The first-order valence-electron chi connectivity index (χ1n) is 9.75. The van der Waals surface area contributed by atoms with Crippen LogP contribution in [0.1, 0.15) is 35.3 Å². The second-order valence-electron chi connectivity index (χ2n) is 7.36. The highest BCUT2D eigenvalue weighted by molar-refractivity contribution is 5.97. The van der Waals surface area contributed by atoms with E-state index in [9.17, 15) is 9.59 Å². The van der Waals surface area contributed by atoms with E-state index in [1.54, 1.807) is 18.5 Å². The maximum atomic E-state index is 12.1. The molecule has 7 nitrogen and oxygen atoms in total. The summed E-state index contributed by atoms with van der Waals surface area (Å²) in [5.41, 5.74) is 4.52. The number of carbonyl (C=O) groups excluding carboxylic acids is 2. The maximum Gasteiger partial charge on any atom is 0.315 e. The molecule has 1 aromatic heterocycles. The van der Waals surface area contributed by atoms with Crippen molar-refractivity contribution in [1.82, 2.24) is 25.5 Å². The van der Waals surface area contributed by atoms with E-state index >= 15 is 0 Å². The molecule has 0 saturated carbocycles. The summed E-state index contributed by atoms with van der Waals surface area (Å²) in [4.78, 5) is 28.5. The molecule has 0 spiro atoms. The largest absolute Gasteiger partial charge is 0.350 e. The monoisotopic (exact) mass is 393 g/mol. The molecule has 7 heteroatoms. The van der Waals surface area contributed by atoms with Gasteiger partial charge in [0.05, 0.1) is 17.4 Å². The molecule has 3 aromatic rings. The van der Waals surface area contributed by atoms with Crippen molar-refractivity contribution in [2.45, 2.75) is 39.9 Å². The Kier molecular flexibility index (Phi) is 6.49. The number of carbonyl (C=O) groups is 2. The highest BCUT2D eigenvalue weighted by Gasteiger charge is 2.10. The molecule has 0 unspecified atom stereocenters. The zero-order chi connectivity index (χ0) is 20.8. The number of aryl methyl sites for hydroxylation is 1. The Morgan fingerprint density at radius 3 is 2.55 bits per heavy atom. The van der Waals surface area contributed by atoms with E-state index in [0.29, 0.717) is 25.2 Å². The highest BCUT2D eigenvalue weighted by atomic mass is 16.2. The lowest BCUT2D eigenvalue weighted by atomic mass is 10.1. The van der Waals surface area contributed by atoms with E-state index in [1.807, 2.05) is 55.7 Å². The number of hydrogen-bond donors (Lipinski definition) is 3. The summed E-state index contributed by atoms with van der Waals surface area (Å²) in [6.07, 6.45) is 1.72. The molecule has 29 heavy (non-hydrogen) atoms. The molecular weight excluding hydrogens is 366 g/mol. The zero-order valence-electron chi connectivity index (χ0n) is 17.0. The van der Waals surface area contributed by atoms with E-state index in [4.69, 9.17) is 0 Å². The number of imidazole rings is 1. The molecule has 152 valence electrons. The first-order chi connectivity index (χ1) is 13.9. The third kappa shape index (κ3) is 5.57. The minimum Gasteiger partial charge on any atom is -0.350 e. The number of nitrogens with one attached hydrogen (secondary N) is 3. The Morgan fingerprint density at radius 2 is 1.83 bits per heavy atom. The van der Waals surface area contributed by atoms with E-state index in [-0.39, 0.29) is 18.0 Å². The lowest BCUT2D eigenvalue weighted by Gasteiger charge is -2.10. The van der Waals surface area contributed by atoms with Gasteiger partial charge in [-0.25, -0.2) is 9.78 Å². The van der Waals surface area contributed by atoms with E-state index < -0.39 is 0 Å². The maximum absolute atomic E-state index is 12.1. The van der Waals surface area contributed by atoms with Crippen molar-refractivity contribution >= 4 is 23.0 Å². The molecule has 0 saturated heterocycles. The van der Waals surface area contributed by atoms with Gasteiger partial charge in [0.25, 0.3) is 5.91 Å². The minimum atomic E-state index is -0.206. The first kappa shape index (κ1) is 20.4. The van der Waals surface area contributed by atoms with Gasteiger partial charge in [0, 0.05) is 31.2 Å². The summed E-state index contributed by atoms with van der Waals surface area (Å²) < 4.78 is 1.96. The average molecular weight is 393 g/mol. The summed E-state index contributed by atoms with van der Waals surface area (Å²) >= 11 is 0. The molecule has 0 aliphatic carbocycles. The van der Waals surface area contributed by atoms with Crippen molar-refractivity contribution in [2.75, 3.05) is 6.54 Å². The number of hydrogen-bond acceptors (Lipinski definition) is 3. The Bertz CT molecular complexity index is 992. The van der Waals surface area contributed by atoms with Crippen molar-refractivity contribution < 1.29 is 9.59 Å². The fraction of sp³-hybridized carbons (Fsp3) is 0.318. The van der Waals surface area contributed by atoms with Gasteiger partial charge in [0.1, 0.15) is 0 Å². The van der Waals surface area contributed by atoms with E-state index in [2.05, 4.69) is 20.9 Å². The van der Waals surface area contributed by atoms with Crippen LogP contribution >= 0.6 is 0 Å². The van der Waals surface area contributed by atoms with Crippen LogP contribution in [0.25, 0.3) is 11.0 Å². The molecule has 0 bridgehead atoms. The van der Waals surface area contributed by atoms with Crippen LogP contribution in [-0.2, 0) is 13.1 Å². The first-order valence-corrected chi connectivity index (χ1v) is 9.75. The molecule has 0 fully saturated rings. The van der Waals surface area contributed by atoms with Crippen molar-refractivity contribution in [3.05, 3.63) is 65.5 Å². The number of aromatic nitrogens is 2. The van der Waals surface area contributed by atoms with Crippen LogP contribution in [-0.4, -0.2) is 34.1 Å². The zero-order valence-corrected chi connectivity index (χ0v) is 17.0. The molecule has 3 amide bonds. The smallest absolute Gasteiger partial charge is 0.315 e. The second-order valence-corrected chi connectivity index (χ2v) is 7.36. The van der Waals surface area contributed by atoms with Crippen LogP contribution in [0.5, 0.6) is 0 Å². The molecule has 0 atom stereocenters. The van der Waals surface area contributed by atoms with Gasteiger partial charge in [-0.05, 0) is 44.5 Å². The SMILES string of the molecule is Cc1ccc(CNC(=O)NCCn2cnc3cc(C(=O)NC(C)C)ccc32)cc1. The van der Waals surface area contributed by atoms with Gasteiger partial charge < -0.3 is 20.5 Å². The van der Waals surface area contributed by atoms with Gasteiger partial charge >= 0.3 is 6.03 Å². The molecule has 0 aliphatic rings. The lowest BCUT2D eigenvalue weighted by molar-refractivity contribution is 0.0943. The van der Waals surface area contributed by atoms with Gasteiger partial charge in [-0.15, -0.1) is 0 Å². The molecule has 3 rings (SSSR count). The Hall–Kier alpha value is -3.35. The Balaban J connectivity index is 1.50. The van der Waals surface area contributed by atoms with Gasteiger partial charge in [-0.3, -0.25) is 4.79 Å². The molecular formula is C22H27N5O2. The number of benzene rings is 2. The van der Waals surface area contributed by atoms with Crippen LogP contribution in [0.4, 0.5) is 4.79 Å². The van der Waals surface area contributed by atoms with Gasteiger partial charge in [0.2, 0.25) is 0 Å². The fourth-order valence-corrected chi connectivity index (χ4v) is 2.97. The minimum absolute atomic E-state index is 0.0824. The molecule has 0 radical (unpaired) electrons. The van der Waals surface area contributed by atoms with E-state index in [0.717, 1.165) is 16.6 Å².